The molecule has 5 heteroatoms. The third kappa shape index (κ3) is 4.27. The normalized spacial score (nSPS) is 21.5. The van der Waals surface area contributed by atoms with Crippen LogP contribution < -0.4 is 10.2 Å². The first kappa shape index (κ1) is 18.9. The van der Waals surface area contributed by atoms with Crippen LogP contribution in [0.25, 0.3) is 10.9 Å². The van der Waals surface area contributed by atoms with Crippen molar-refractivity contribution in [2.24, 2.45) is 5.92 Å². The van der Waals surface area contributed by atoms with Crippen LogP contribution in [0.2, 0.25) is 0 Å². The van der Waals surface area contributed by atoms with Crippen molar-refractivity contribution in [3.8, 4) is 5.75 Å². The van der Waals surface area contributed by atoms with Crippen LogP contribution in [0.4, 0.5) is 0 Å². The minimum atomic E-state index is 0.0954. The van der Waals surface area contributed by atoms with Gasteiger partial charge in [0.15, 0.2) is 5.43 Å². The fourth-order valence-electron chi connectivity index (χ4n) is 3.61. The van der Waals surface area contributed by atoms with Crippen LogP contribution in [0, 0.1) is 12.8 Å². The van der Waals surface area contributed by atoms with E-state index in [1.807, 2.05) is 25.1 Å². The molecule has 1 aliphatic heterocycles. The Kier molecular flexibility index (Phi) is 5.68. The summed E-state index contributed by atoms with van der Waals surface area (Å²) in [7, 11) is 0. The van der Waals surface area contributed by atoms with Gasteiger partial charge in [-0.3, -0.25) is 9.69 Å². The number of hydrogen-bond acceptors (Lipinski definition) is 4. The quantitative estimate of drug-likeness (QED) is 0.889. The van der Waals surface area contributed by atoms with Gasteiger partial charge in [0.05, 0.1) is 18.8 Å². The van der Waals surface area contributed by atoms with Crippen LogP contribution in [-0.2, 0) is 11.3 Å². The number of H-pyrrole nitrogens is 1. The number of ether oxygens (including phenoxy) is 2. The minimum absolute atomic E-state index is 0.0954. The lowest BCUT2D eigenvalue weighted by atomic mass is 10.1. The molecule has 0 bridgehead atoms. The summed E-state index contributed by atoms with van der Waals surface area (Å²) in [6.45, 7) is 13.3. The Morgan fingerprint density at radius 2 is 1.96 bits per heavy atom. The van der Waals surface area contributed by atoms with Crippen molar-refractivity contribution < 1.29 is 9.47 Å². The van der Waals surface area contributed by atoms with Crippen LogP contribution in [0.1, 0.15) is 39.0 Å². The van der Waals surface area contributed by atoms with Gasteiger partial charge in [-0.05, 0) is 44.9 Å². The summed E-state index contributed by atoms with van der Waals surface area (Å²) in [4.78, 5) is 18.8. The van der Waals surface area contributed by atoms with E-state index in [0.717, 1.165) is 35.6 Å². The number of aryl methyl sites for hydroxylation is 1. The van der Waals surface area contributed by atoms with E-state index < -0.39 is 0 Å². The van der Waals surface area contributed by atoms with Crippen molar-refractivity contribution in [1.29, 1.82) is 0 Å². The molecule has 0 aliphatic carbocycles. The van der Waals surface area contributed by atoms with Crippen LogP contribution >= 0.6 is 0 Å². The molecule has 0 spiro atoms. The SMILES string of the molecule is Cc1[nH]c2ccc(OCC(C)C)cc2c(=O)c1CN1C[C@@H](C)O[C@H](C)C1. The Balaban J connectivity index is 1.91. The molecule has 1 aliphatic rings. The molecule has 1 aromatic heterocycles. The molecule has 26 heavy (non-hydrogen) atoms. The highest BCUT2D eigenvalue weighted by Gasteiger charge is 2.23. The molecular formula is C21H30N2O3. The number of rotatable bonds is 5. The molecule has 1 fully saturated rings. The average Bonchev–Trinajstić information content (AvgIpc) is 2.56. The molecular weight excluding hydrogens is 328 g/mol. The smallest absolute Gasteiger partial charge is 0.194 e. The van der Waals surface area contributed by atoms with Crippen molar-refractivity contribution in [3.63, 3.8) is 0 Å². The van der Waals surface area contributed by atoms with Gasteiger partial charge in [-0.2, -0.15) is 0 Å². The zero-order valence-corrected chi connectivity index (χ0v) is 16.5. The zero-order valence-electron chi connectivity index (χ0n) is 16.5. The van der Waals surface area contributed by atoms with Crippen LogP contribution in [0.3, 0.4) is 0 Å². The van der Waals surface area contributed by atoms with Gasteiger partial charge >= 0.3 is 0 Å². The molecule has 2 aromatic rings. The monoisotopic (exact) mass is 358 g/mol. The van der Waals surface area contributed by atoms with Gasteiger partial charge in [0.2, 0.25) is 0 Å². The largest absolute Gasteiger partial charge is 0.493 e. The molecule has 5 nitrogen and oxygen atoms in total. The summed E-state index contributed by atoms with van der Waals surface area (Å²) in [6, 6.07) is 5.72. The Labute approximate surface area is 155 Å². The minimum Gasteiger partial charge on any atom is -0.493 e. The van der Waals surface area contributed by atoms with Gasteiger partial charge < -0.3 is 14.5 Å². The third-order valence-electron chi connectivity index (χ3n) is 4.74. The van der Waals surface area contributed by atoms with Crippen LogP contribution in [-0.4, -0.2) is 41.8 Å². The Bertz CT molecular complexity index is 818. The number of nitrogens with one attached hydrogen (secondary N) is 1. The van der Waals surface area contributed by atoms with Gasteiger partial charge in [-0.25, -0.2) is 0 Å². The van der Waals surface area contributed by atoms with E-state index in [9.17, 15) is 4.79 Å². The fourth-order valence-corrected chi connectivity index (χ4v) is 3.61. The van der Waals surface area contributed by atoms with E-state index in [2.05, 4.69) is 37.6 Å². The van der Waals surface area contributed by atoms with E-state index in [-0.39, 0.29) is 17.6 Å². The third-order valence-corrected chi connectivity index (χ3v) is 4.74. The van der Waals surface area contributed by atoms with E-state index >= 15 is 0 Å². The summed E-state index contributed by atoms with van der Waals surface area (Å²) >= 11 is 0. The highest BCUT2D eigenvalue weighted by atomic mass is 16.5. The Hall–Kier alpha value is -1.85. The van der Waals surface area contributed by atoms with E-state index in [1.54, 1.807) is 0 Å². The lowest BCUT2D eigenvalue weighted by molar-refractivity contribution is -0.0706. The molecule has 1 saturated heterocycles. The van der Waals surface area contributed by atoms with E-state index in [4.69, 9.17) is 9.47 Å². The maximum atomic E-state index is 13.1. The number of benzene rings is 1. The standard InChI is InChI=1S/C21H30N2O3/c1-13(2)12-25-17-6-7-20-18(8-17)21(24)19(16(5)22-20)11-23-9-14(3)26-15(4)10-23/h6-8,13-15H,9-12H2,1-5H3,(H,22,24)/t14-,15-/m1/s1. The Morgan fingerprint density at radius 1 is 1.27 bits per heavy atom. The highest BCUT2D eigenvalue weighted by molar-refractivity contribution is 5.81. The molecule has 3 rings (SSSR count). The topological polar surface area (TPSA) is 54.6 Å². The van der Waals surface area contributed by atoms with Crippen molar-refractivity contribution in [1.82, 2.24) is 9.88 Å². The van der Waals surface area contributed by atoms with E-state index in [0.29, 0.717) is 24.5 Å². The predicted molar refractivity (Wildman–Crippen MR) is 105 cm³/mol. The predicted octanol–water partition coefficient (Wildman–Crippen LogP) is 3.48. The number of aromatic nitrogens is 1. The van der Waals surface area contributed by atoms with Gasteiger partial charge in [-0.15, -0.1) is 0 Å². The molecule has 1 N–H and O–H groups in total. The van der Waals surface area contributed by atoms with Crippen LogP contribution in [0.15, 0.2) is 23.0 Å². The summed E-state index contributed by atoms with van der Waals surface area (Å²) in [5, 5.41) is 0.696. The van der Waals surface area contributed by atoms with Crippen molar-refractivity contribution in [3.05, 3.63) is 39.7 Å². The van der Waals surface area contributed by atoms with Crippen LogP contribution in [0.5, 0.6) is 5.75 Å². The molecule has 0 radical (unpaired) electrons. The number of morpholine rings is 1. The Morgan fingerprint density at radius 3 is 2.62 bits per heavy atom. The van der Waals surface area contributed by atoms with Crippen molar-refractivity contribution >= 4 is 10.9 Å². The first-order valence-electron chi connectivity index (χ1n) is 9.49. The average molecular weight is 358 g/mol. The number of hydrogen-bond donors (Lipinski definition) is 1. The second kappa shape index (κ2) is 7.80. The molecule has 2 atom stereocenters. The fraction of sp³-hybridized carbons (Fsp3) is 0.571. The zero-order chi connectivity index (χ0) is 18.8. The first-order valence-corrected chi connectivity index (χ1v) is 9.49. The molecule has 0 unspecified atom stereocenters. The molecule has 142 valence electrons. The van der Waals surface area contributed by atoms with Crippen molar-refractivity contribution in [2.75, 3.05) is 19.7 Å². The molecule has 0 saturated carbocycles. The molecule has 0 amide bonds. The number of nitrogens with zero attached hydrogens (tertiary/aromatic N) is 1. The number of fused-ring (bicyclic) bond motifs is 1. The summed E-state index contributed by atoms with van der Waals surface area (Å²) in [5.74, 6) is 1.20. The lowest BCUT2D eigenvalue weighted by Gasteiger charge is -2.35. The van der Waals surface area contributed by atoms with Crippen molar-refractivity contribution in [2.45, 2.75) is 53.4 Å². The lowest BCUT2D eigenvalue weighted by Crippen LogP contribution is -2.45. The van der Waals surface area contributed by atoms with Gasteiger partial charge in [0.1, 0.15) is 5.75 Å². The van der Waals surface area contributed by atoms with Gasteiger partial charge in [-0.1, -0.05) is 13.8 Å². The number of pyridine rings is 1. The second-order valence-corrected chi connectivity index (χ2v) is 7.92. The maximum absolute atomic E-state index is 13.1. The second-order valence-electron chi connectivity index (χ2n) is 7.92. The molecule has 2 heterocycles. The summed E-state index contributed by atoms with van der Waals surface area (Å²) in [5.41, 5.74) is 2.72. The molecule has 1 aromatic carbocycles. The van der Waals surface area contributed by atoms with Gasteiger partial charge in [0.25, 0.3) is 0 Å². The first-order chi connectivity index (χ1) is 12.3. The van der Waals surface area contributed by atoms with E-state index in [1.165, 1.54) is 0 Å². The summed E-state index contributed by atoms with van der Waals surface area (Å²) in [6.07, 6.45) is 0.379. The highest BCUT2D eigenvalue weighted by Crippen LogP contribution is 2.21. The maximum Gasteiger partial charge on any atom is 0.194 e. The summed E-state index contributed by atoms with van der Waals surface area (Å²) < 4.78 is 11.6. The number of aromatic amines is 1. The van der Waals surface area contributed by atoms with Gasteiger partial charge in [0, 0.05) is 41.8 Å².